The third-order valence-corrected chi connectivity index (χ3v) is 2.54. The van der Waals surface area contributed by atoms with Gasteiger partial charge in [0.2, 0.25) is 0 Å². The third kappa shape index (κ3) is 4.89. The maximum absolute atomic E-state index is 11.8. The number of carbonyl (C=O) groups excluding carboxylic acids is 1. The van der Waals surface area contributed by atoms with Gasteiger partial charge in [0.05, 0.1) is 0 Å². The van der Waals surface area contributed by atoms with Crippen molar-refractivity contribution >= 4 is 5.91 Å². The van der Waals surface area contributed by atoms with E-state index < -0.39 is 6.10 Å². The lowest BCUT2D eigenvalue weighted by molar-refractivity contribution is -0.127. The van der Waals surface area contributed by atoms with E-state index in [1.807, 2.05) is 37.3 Å². The minimum absolute atomic E-state index is 0.0604. The molecular weight excluding hydrogens is 214 g/mol. The minimum Gasteiger partial charge on any atom is -0.481 e. The molecule has 0 aliphatic heterocycles. The second kappa shape index (κ2) is 6.94. The standard InChI is InChI=1S/C14H21NO2/c1-4-8-11(2)15-14(16)12(3)17-13-9-6-5-7-10-13/h5-7,9-12H,4,8H2,1-3H3,(H,15,16)/t11-,12-/m0/s1. The van der Waals surface area contributed by atoms with E-state index in [4.69, 9.17) is 4.74 Å². The lowest BCUT2D eigenvalue weighted by Crippen LogP contribution is -2.41. The Morgan fingerprint density at radius 2 is 1.94 bits per heavy atom. The van der Waals surface area contributed by atoms with Gasteiger partial charge in [-0.05, 0) is 32.4 Å². The molecule has 0 aliphatic carbocycles. The van der Waals surface area contributed by atoms with Crippen LogP contribution in [0.15, 0.2) is 30.3 Å². The fraction of sp³-hybridized carbons (Fsp3) is 0.500. The molecule has 0 radical (unpaired) electrons. The molecule has 3 nitrogen and oxygen atoms in total. The summed E-state index contributed by atoms with van der Waals surface area (Å²) < 4.78 is 5.54. The molecule has 0 aromatic heterocycles. The molecule has 3 heteroatoms. The molecule has 0 heterocycles. The van der Waals surface area contributed by atoms with E-state index in [2.05, 4.69) is 12.2 Å². The van der Waals surface area contributed by atoms with E-state index in [1.54, 1.807) is 6.92 Å². The number of nitrogens with one attached hydrogen (secondary N) is 1. The summed E-state index contributed by atoms with van der Waals surface area (Å²) in [5, 5.41) is 2.94. The molecule has 17 heavy (non-hydrogen) atoms. The fourth-order valence-corrected chi connectivity index (χ4v) is 1.62. The normalized spacial score (nSPS) is 13.8. The third-order valence-electron chi connectivity index (χ3n) is 2.54. The van der Waals surface area contributed by atoms with Crippen molar-refractivity contribution in [2.24, 2.45) is 0 Å². The molecule has 2 atom stereocenters. The van der Waals surface area contributed by atoms with Crippen LogP contribution >= 0.6 is 0 Å². The van der Waals surface area contributed by atoms with Crippen LogP contribution in [0, 0.1) is 0 Å². The van der Waals surface area contributed by atoms with Gasteiger partial charge in [0, 0.05) is 6.04 Å². The number of hydrogen-bond donors (Lipinski definition) is 1. The first kappa shape index (κ1) is 13.6. The molecule has 0 unspecified atom stereocenters. The summed E-state index contributed by atoms with van der Waals surface area (Å²) >= 11 is 0. The Hall–Kier alpha value is -1.51. The van der Waals surface area contributed by atoms with Crippen molar-refractivity contribution in [1.82, 2.24) is 5.32 Å². The first-order valence-electron chi connectivity index (χ1n) is 6.15. The van der Waals surface area contributed by atoms with Crippen molar-refractivity contribution in [2.75, 3.05) is 0 Å². The molecule has 1 aromatic rings. The lowest BCUT2D eigenvalue weighted by atomic mass is 10.2. The highest BCUT2D eigenvalue weighted by molar-refractivity contribution is 5.80. The van der Waals surface area contributed by atoms with Crippen molar-refractivity contribution in [3.05, 3.63) is 30.3 Å². The highest BCUT2D eigenvalue weighted by atomic mass is 16.5. The Balaban J connectivity index is 2.42. The molecule has 0 saturated heterocycles. The van der Waals surface area contributed by atoms with Gasteiger partial charge in [-0.1, -0.05) is 31.5 Å². The Morgan fingerprint density at radius 3 is 2.53 bits per heavy atom. The lowest BCUT2D eigenvalue weighted by Gasteiger charge is -2.18. The number of amides is 1. The summed E-state index contributed by atoms with van der Waals surface area (Å²) in [7, 11) is 0. The highest BCUT2D eigenvalue weighted by Gasteiger charge is 2.16. The van der Waals surface area contributed by atoms with E-state index >= 15 is 0 Å². The molecule has 1 amide bonds. The van der Waals surface area contributed by atoms with Gasteiger partial charge < -0.3 is 10.1 Å². The van der Waals surface area contributed by atoms with Crippen molar-refractivity contribution in [3.63, 3.8) is 0 Å². The van der Waals surface area contributed by atoms with E-state index in [0.717, 1.165) is 18.6 Å². The number of benzene rings is 1. The zero-order valence-electron chi connectivity index (χ0n) is 10.8. The molecular formula is C14H21NO2. The van der Waals surface area contributed by atoms with Crippen molar-refractivity contribution in [2.45, 2.75) is 45.8 Å². The zero-order valence-corrected chi connectivity index (χ0v) is 10.8. The van der Waals surface area contributed by atoms with Gasteiger partial charge in [-0.2, -0.15) is 0 Å². The van der Waals surface area contributed by atoms with E-state index in [-0.39, 0.29) is 11.9 Å². The first-order chi connectivity index (χ1) is 8.13. The topological polar surface area (TPSA) is 38.3 Å². The van der Waals surface area contributed by atoms with Crippen LogP contribution in [-0.4, -0.2) is 18.1 Å². The maximum atomic E-state index is 11.8. The predicted molar refractivity (Wildman–Crippen MR) is 69.0 cm³/mol. The van der Waals surface area contributed by atoms with Crippen molar-refractivity contribution in [3.8, 4) is 5.75 Å². The number of hydrogen-bond acceptors (Lipinski definition) is 2. The van der Waals surface area contributed by atoms with Crippen LogP contribution in [0.5, 0.6) is 5.75 Å². The Morgan fingerprint density at radius 1 is 1.29 bits per heavy atom. The second-order valence-corrected chi connectivity index (χ2v) is 4.27. The number of carbonyl (C=O) groups is 1. The van der Waals surface area contributed by atoms with E-state index in [0.29, 0.717) is 0 Å². The molecule has 1 rings (SSSR count). The van der Waals surface area contributed by atoms with Crippen LogP contribution in [0.3, 0.4) is 0 Å². The van der Waals surface area contributed by atoms with Crippen LogP contribution in [0.25, 0.3) is 0 Å². The largest absolute Gasteiger partial charge is 0.481 e. The van der Waals surface area contributed by atoms with Gasteiger partial charge in [-0.15, -0.1) is 0 Å². The molecule has 1 N–H and O–H groups in total. The SMILES string of the molecule is CCC[C@H](C)NC(=O)[C@H](C)Oc1ccccc1. The van der Waals surface area contributed by atoms with Crippen LogP contribution < -0.4 is 10.1 Å². The second-order valence-electron chi connectivity index (χ2n) is 4.27. The Labute approximate surface area is 103 Å². The molecule has 94 valence electrons. The minimum atomic E-state index is -0.461. The first-order valence-corrected chi connectivity index (χ1v) is 6.15. The Bertz CT molecular complexity index is 337. The van der Waals surface area contributed by atoms with Gasteiger partial charge in [0.1, 0.15) is 5.75 Å². The summed E-state index contributed by atoms with van der Waals surface area (Å²) in [6, 6.07) is 9.59. The van der Waals surface area contributed by atoms with E-state index in [1.165, 1.54) is 0 Å². The average Bonchev–Trinajstić information content (AvgIpc) is 2.30. The highest BCUT2D eigenvalue weighted by Crippen LogP contribution is 2.10. The fourth-order valence-electron chi connectivity index (χ4n) is 1.62. The molecule has 0 spiro atoms. The van der Waals surface area contributed by atoms with Gasteiger partial charge >= 0.3 is 0 Å². The summed E-state index contributed by atoms with van der Waals surface area (Å²) in [5.41, 5.74) is 0. The summed E-state index contributed by atoms with van der Waals surface area (Å²) in [5.74, 6) is 0.660. The van der Waals surface area contributed by atoms with Gasteiger partial charge in [-0.25, -0.2) is 0 Å². The predicted octanol–water partition coefficient (Wildman–Crippen LogP) is 2.76. The number of para-hydroxylation sites is 1. The Kier molecular flexibility index (Phi) is 5.53. The smallest absolute Gasteiger partial charge is 0.260 e. The van der Waals surface area contributed by atoms with Crippen LogP contribution in [0.4, 0.5) is 0 Å². The summed E-state index contributed by atoms with van der Waals surface area (Å²) in [6.07, 6.45) is 1.59. The van der Waals surface area contributed by atoms with Crippen LogP contribution in [0.2, 0.25) is 0 Å². The van der Waals surface area contributed by atoms with Crippen molar-refractivity contribution in [1.29, 1.82) is 0 Å². The van der Waals surface area contributed by atoms with Crippen molar-refractivity contribution < 1.29 is 9.53 Å². The summed E-state index contributed by atoms with van der Waals surface area (Å²) in [6.45, 7) is 5.88. The van der Waals surface area contributed by atoms with Gasteiger partial charge in [0.25, 0.3) is 5.91 Å². The van der Waals surface area contributed by atoms with E-state index in [9.17, 15) is 4.79 Å². The quantitative estimate of drug-likeness (QED) is 0.823. The molecule has 0 bridgehead atoms. The molecule has 1 aromatic carbocycles. The number of rotatable bonds is 6. The van der Waals surface area contributed by atoms with Gasteiger partial charge in [0.15, 0.2) is 6.10 Å². The molecule has 0 saturated carbocycles. The maximum Gasteiger partial charge on any atom is 0.260 e. The van der Waals surface area contributed by atoms with Crippen LogP contribution in [0.1, 0.15) is 33.6 Å². The molecule has 0 aliphatic rings. The van der Waals surface area contributed by atoms with Gasteiger partial charge in [-0.3, -0.25) is 4.79 Å². The number of ether oxygens (including phenoxy) is 1. The molecule has 0 fully saturated rings. The zero-order chi connectivity index (χ0) is 12.7. The summed E-state index contributed by atoms with van der Waals surface area (Å²) in [4.78, 5) is 11.8. The van der Waals surface area contributed by atoms with Crippen LogP contribution in [-0.2, 0) is 4.79 Å². The average molecular weight is 235 g/mol. The monoisotopic (exact) mass is 235 g/mol.